The molecule has 1 fully saturated rings. The predicted molar refractivity (Wildman–Crippen MR) is 135 cm³/mol. The number of rotatable bonds is 4. The Balaban J connectivity index is 2.02. The number of aliphatic hydroxyl groups excluding tert-OH is 2. The molecule has 0 aliphatic heterocycles. The number of hydrogen-bond donors (Lipinski definition) is 6. The fraction of sp³-hybridized carbons (Fsp3) is 0.593. The lowest BCUT2D eigenvalue weighted by Crippen LogP contribution is -2.78. The van der Waals surface area contributed by atoms with Gasteiger partial charge in [-0.3, -0.25) is 19.3 Å². The monoisotopic (exact) mass is 515 g/mol. The van der Waals surface area contributed by atoms with E-state index in [-0.39, 0.29) is 23.3 Å². The van der Waals surface area contributed by atoms with Crippen molar-refractivity contribution in [1.29, 1.82) is 0 Å². The van der Waals surface area contributed by atoms with Gasteiger partial charge in [-0.15, -0.1) is 0 Å². The standard InChI is InChI=1S/C27H37N3O7/c1-11-12-8-7-9-13(31)15(12)20(32)16-14(11)21(33)18-19(30(5)6)22(34)17(25(28)36)24(35)27(18,37)23(16)29-10-26(2,3)4/h7-9,11,14,16,18-19,21,23,29,31,33-34,37H,10H2,1-6H3,(H2,28,36)/t11-,14?,16?,18?,19-,21-,23?,27-/m0/s1. The third-order valence-corrected chi connectivity index (χ3v) is 8.33. The highest BCUT2D eigenvalue weighted by atomic mass is 16.3. The molecule has 0 spiro atoms. The topological polar surface area (TPSA) is 173 Å². The number of amides is 1. The molecular formula is C27H37N3O7. The molecule has 0 heterocycles. The first-order valence-corrected chi connectivity index (χ1v) is 12.5. The highest BCUT2D eigenvalue weighted by Crippen LogP contribution is 2.56. The van der Waals surface area contributed by atoms with Crippen molar-refractivity contribution in [3.05, 3.63) is 40.7 Å². The number of carbonyl (C=O) groups excluding carboxylic acids is 3. The van der Waals surface area contributed by atoms with Gasteiger partial charge in [-0.1, -0.05) is 39.8 Å². The average molecular weight is 516 g/mol. The number of nitrogens with one attached hydrogen (secondary N) is 1. The Labute approximate surface area is 216 Å². The van der Waals surface area contributed by atoms with Crippen molar-refractivity contribution in [2.24, 2.45) is 28.9 Å². The van der Waals surface area contributed by atoms with E-state index in [1.165, 1.54) is 11.0 Å². The maximum Gasteiger partial charge on any atom is 0.255 e. The van der Waals surface area contributed by atoms with Gasteiger partial charge in [0.1, 0.15) is 17.1 Å². The van der Waals surface area contributed by atoms with E-state index in [4.69, 9.17) is 5.73 Å². The molecule has 8 atom stereocenters. The van der Waals surface area contributed by atoms with Gasteiger partial charge in [-0.2, -0.15) is 0 Å². The van der Waals surface area contributed by atoms with E-state index in [2.05, 4.69) is 5.32 Å². The highest BCUT2D eigenvalue weighted by Gasteiger charge is 2.70. The quantitative estimate of drug-likeness (QED) is 0.311. The summed E-state index contributed by atoms with van der Waals surface area (Å²) in [5, 5.41) is 49.1. The van der Waals surface area contributed by atoms with Crippen LogP contribution in [0.25, 0.3) is 0 Å². The number of fused-ring (bicyclic) bond motifs is 3. The van der Waals surface area contributed by atoms with Gasteiger partial charge in [0.2, 0.25) is 5.78 Å². The van der Waals surface area contributed by atoms with Gasteiger partial charge in [0, 0.05) is 24.3 Å². The van der Waals surface area contributed by atoms with Crippen molar-refractivity contribution in [2.75, 3.05) is 20.6 Å². The molecule has 37 heavy (non-hydrogen) atoms. The van der Waals surface area contributed by atoms with Gasteiger partial charge in [0.25, 0.3) is 5.91 Å². The molecule has 1 saturated carbocycles. The lowest BCUT2D eigenvalue weighted by atomic mass is 9.49. The third kappa shape index (κ3) is 3.89. The van der Waals surface area contributed by atoms with E-state index >= 15 is 0 Å². The smallest absolute Gasteiger partial charge is 0.255 e. The zero-order valence-electron chi connectivity index (χ0n) is 22.0. The SMILES string of the molecule is C[C@H]1c2cccc(O)c2C(=O)C2C1[C@H](O)C1[C@H](N(C)C)C(O)=C(C(N)=O)C(=O)[C@@]1(O)C2NCC(C)(C)C. The summed E-state index contributed by atoms with van der Waals surface area (Å²) < 4.78 is 0. The van der Waals surface area contributed by atoms with E-state index in [0.29, 0.717) is 5.56 Å². The van der Waals surface area contributed by atoms with Crippen LogP contribution in [0.5, 0.6) is 5.75 Å². The maximum absolute atomic E-state index is 14.0. The van der Waals surface area contributed by atoms with Crippen LogP contribution in [0.4, 0.5) is 0 Å². The molecule has 7 N–H and O–H groups in total. The van der Waals surface area contributed by atoms with Gasteiger partial charge in [0.15, 0.2) is 11.4 Å². The van der Waals surface area contributed by atoms with Crippen LogP contribution in [0.2, 0.25) is 0 Å². The second kappa shape index (κ2) is 8.90. The van der Waals surface area contributed by atoms with E-state index < -0.39 is 76.3 Å². The van der Waals surface area contributed by atoms with E-state index in [1.807, 2.05) is 27.7 Å². The van der Waals surface area contributed by atoms with Crippen LogP contribution in [0.1, 0.15) is 49.5 Å². The Morgan fingerprint density at radius 2 is 1.81 bits per heavy atom. The van der Waals surface area contributed by atoms with Crippen LogP contribution in [0, 0.1) is 23.2 Å². The maximum atomic E-state index is 14.0. The van der Waals surface area contributed by atoms with E-state index in [9.17, 15) is 34.8 Å². The number of likely N-dealkylation sites (N-methyl/N-ethyl adjacent to an activating group) is 1. The second-order valence-electron chi connectivity index (χ2n) is 12.1. The molecule has 0 radical (unpaired) electrons. The lowest BCUT2D eigenvalue weighted by molar-refractivity contribution is -0.192. The number of nitrogens with two attached hydrogens (primary N) is 1. The molecule has 3 aliphatic rings. The van der Waals surface area contributed by atoms with E-state index in [0.717, 1.165) is 0 Å². The summed E-state index contributed by atoms with van der Waals surface area (Å²) in [6.45, 7) is 7.93. The third-order valence-electron chi connectivity index (χ3n) is 8.33. The molecular weight excluding hydrogens is 478 g/mol. The van der Waals surface area contributed by atoms with Gasteiger partial charge in [-0.25, -0.2) is 0 Å². The van der Waals surface area contributed by atoms with Crippen molar-refractivity contribution in [3.8, 4) is 5.75 Å². The molecule has 4 unspecified atom stereocenters. The predicted octanol–water partition coefficient (Wildman–Crippen LogP) is 0.461. The van der Waals surface area contributed by atoms with E-state index in [1.54, 1.807) is 26.2 Å². The first-order valence-electron chi connectivity index (χ1n) is 12.5. The number of Topliss-reactive ketones (excluding diaryl/α,β-unsaturated/α-hetero) is 2. The number of nitrogens with zero attached hydrogens (tertiary/aromatic N) is 1. The average Bonchev–Trinajstić information content (AvgIpc) is 2.77. The van der Waals surface area contributed by atoms with Crippen LogP contribution in [0.3, 0.4) is 0 Å². The Morgan fingerprint density at radius 1 is 1.19 bits per heavy atom. The van der Waals surface area contributed by atoms with Crippen molar-refractivity contribution < 1.29 is 34.8 Å². The summed E-state index contributed by atoms with van der Waals surface area (Å²) in [5.74, 6) is -7.29. The number of benzene rings is 1. The summed E-state index contributed by atoms with van der Waals surface area (Å²) >= 11 is 0. The molecule has 3 aliphatic carbocycles. The summed E-state index contributed by atoms with van der Waals surface area (Å²) in [5.41, 5.74) is 2.60. The highest BCUT2D eigenvalue weighted by molar-refractivity contribution is 6.23. The first kappa shape index (κ1) is 27.3. The molecule has 1 amide bonds. The van der Waals surface area contributed by atoms with Crippen LogP contribution in [-0.2, 0) is 9.59 Å². The summed E-state index contributed by atoms with van der Waals surface area (Å²) in [4.78, 5) is 41.7. The minimum absolute atomic E-state index is 0.0917. The van der Waals surface area contributed by atoms with Crippen molar-refractivity contribution in [2.45, 2.75) is 57.4 Å². The van der Waals surface area contributed by atoms with Crippen LogP contribution in [0.15, 0.2) is 29.5 Å². The van der Waals surface area contributed by atoms with Gasteiger partial charge >= 0.3 is 0 Å². The van der Waals surface area contributed by atoms with Crippen molar-refractivity contribution >= 4 is 17.5 Å². The Hall–Kier alpha value is -2.79. The molecule has 202 valence electrons. The molecule has 0 bridgehead atoms. The number of phenolic OH excluding ortho intramolecular Hbond substituents is 1. The number of aromatic hydroxyl groups is 1. The first-order chi connectivity index (χ1) is 17.1. The molecule has 4 rings (SSSR count). The fourth-order valence-electron chi connectivity index (χ4n) is 6.79. The molecule has 1 aromatic carbocycles. The number of primary amides is 1. The minimum Gasteiger partial charge on any atom is -0.510 e. The van der Waals surface area contributed by atoms with Gasteiger partial charge < -0.3 is 31.5 Å². The largest absolute Gasteiger partial charge is 0.510 e. The van der Waals surface area contributed by atoms with Crippen molar-refractivity contribution in [1.82, 2.24) is 10.2 Å². The fourth-order valence-corrected chi connectivity index (χ4v) is 6.79. The zero-order chi connectivity index (χ0) is 27.8. The Bertz CT molecular complexity index is 1190. The second-order valence-corrected chi connectivity index (χ2v) is 12.1. The molecule has 1 aromatic rings. The summed E-state index contributed by atoms with van der Waals surface area (Å²) in [6, 6.07) is 2.37. The number of hydrogen-bond acceptors (Lipinski definition) is 9. The van der Waals surface area contributed by atoms with Crippen LogP contribution < -0.4 is 11.1 Å². The van der Waals surface area contributed by atoms with Crippen LogP contribution >= 0.6 is 0 Å². The molecule has 0 saturated heterocycles. The minimum atomic E-state index is -2.46. The zero-order valence-corrected chi connectivity index (χ0v) is 22.0. The normalized spacial score (nSPS) is 35.8. The summed E-state index contributed by atoms with van der Waals surface area (Å²) in [6.07, 6.45) is -1.43. The van der Waals surface area contributed by atoms with Crippen molar-refractivity contribution in [3.63, 3.8) is 0 Å². The van der Waals surface area contributed by atoms with Crippen LogP contribution in [-0.4, -0.2) is 87.2 Å². The van der Waals surface area contributed by atoms with Gasteiger partial charge in [-0.05, 0) is 37.1 Å². The lowest BCUT2D eigenvalue weighted by Gasteiger charge is -2.60. The number of carbonyl (C=O) groups is 3. The Morgan fingerprint density at radius 3 is 2.35 bits per heavy atom. The van der Waals surface area contributed by atoms with Gasteiger partial charge in [0.05, 0.1) is 23.8 Å². The summed E-state index contributed by atoms with van der Waals surface area (Å²) in [7, 11) is 3.18. The number of aliphatic hydroxyl groups is 3. The molecule has 10 heteroatoms. The number of phenols is 1. The molecule has 0 aromatic heterocycles. The number of ketones is 2. The Kier molecular flexibility index (Phi) is 6.56. The molecule has 10 nitrogen and oxygen atoms in total.